The highest BCUT2D eigenvalue weighted by atomic mass is 35.5. The summed E-state index contributed by atoms with van der Waals surface area (Å²) in [6.45, 7) is 7.53. The highest BCUT2D eigenvalue weighted by molar-refractivity contribution is 5.88. The van der Waals surface area contributed by atoms with Crippen LogP contribution in [0.4, 0.5) is 0 Å². The van der Waals surface area contributed by atoms with Gasteiger partial charge in [-0.2, -0.15) is 0 Å². The molecule has 2 heterocycles. The minimum Gasteiger partial charge on any atom is -0.355 e. The van der Waals surface area contributed by atoms with E-state index in [0.717, 1.165) is 84.3 Å². The number of carbonyl (C=O) groups excluding carboxylic acids is 2. The van der Waals surface area contributed by atoms with Gasteiger partial charge in [0.05, 0.1) is 0 Å². The zero-order valence-corrected chi connectivity index (χ0v) is 16.0. The number of carbonyl (C=O) groups is 2. The second kappa shape index (κ2) is 10.3. The Morgan fingerprint density at radius 1 is 0.920 bits per heavy atom. The molecule has 0 spiro atoms. The Morgan fingerprint density at radius 2 is 1.56 bits per heavy atom. The van der Waals surface area contributed by atoms with E-state index in [0.29, 0.717) is 6.54 Å². The predicted molar refractivity (Wildman–Crippen MR) is 101 cm³/mol. The lowest BCUT2D eigenvalue weighted by atomic mass is 9.78. The SMILES string of the molecule is Cl.O=C(NCCN1CCNCC1)C1CCCCC1C(=O)N1CCCC1. The molecule has 1 aliphatic carbocycles. The summed E-state index contributed by atoms with van der Waals surface area (Å²) in [5.41, 5.74) is 0. The summed E-state index contributed by atoms with van der Waals surface area (Å²) < 4.78 is 0. The first-order chi connectivity index (χ1) is 11.8. The van der Waals surface area contributed by atoms with Gasteiger partial charge < -0.3 is 15.5 Å². The number of nitrogens with zero attached hydrogens (tertiary/aromatic N) is 2. The average Bonchev–Trinajstić information content (AvgIpc) is 3.16. The normalized spacial score (nSPS) is 27.6. The van der Waals surface area contributed by atoms with E-state index in [9.17, 15) is 9.59 Å². The third-order valence-corrected chi connectivity index (χ3v) is 5.77. The molecule has 1 saturated carbocycles. The topological polar surface area (TPSA) is 64.7 Å². The number of nitrogens with one attached hydrogen (secondary N) is 2. The number of hydrogen-bond acceptors (Lipinski definition) is 4. The van der Waals surface area contributed by atoms with E-state index >= 15 is 0 Å². The van der Waals surface area contributed by atoms with Gasteiger partial charge in [0, 0.05) is 64.2 Å². The summed E-state index contributed by atoms with van der Waals surface area (Å²) >= 11 is 0. The van der Waals surface area contributed by atoms with Crippen molar-refractivity contribution in [2.24, 2.45) is 11.8 Å². The van der Waals surface area contributed by atoms with Crippen LogP contribution in [0, 0.1) is 11.8 Å². The van der Waals surface area contributed by atoms with Crippen molar-refractivity contribution in [3.8, 4) is 0 Å². The van der Waals surface area contributed by atoms with Gasteiger partial charge in [-0.1, -0.05) is 12.8 Å². The van der Waals surface area contributed by atoms with Crippen molar-refractivity contribution in [1.29, 1.82) is 0 Å². The van der Waals surface area contributed by atoms with Crippen LogP contribution >= 0.6 is 12.4 Å². The Hall–Kier alpha value is -0.850. The van der Waals surface area contributed by atoms with E-state index in [2.05, 4.69) is 15.5 Å². The molecule has 0 aromatic carbocycles. The maximum absolute atomic E-state index is 12.8. The summed E-state index contributed by atoms with van der Waals surface area (Å²) in [4.78, 5) is 29.8. The first-order valence-corrected chi connectivity index (χ1v) is 9.75. The van der Waals surface area contributed by atoms with Crippen molar-refractivity contribution in [2.75, 3.05) is 52.4 Å². The van der Waals surface area contributed by atoms with Gasteiger partial charge >= 0.3 is 0 Å². The van der Waals surface area contributed by atoms with Crippen LogP contribution < -0.4 is 10.6 Å². The molecule has 0 aromatic rings. The molecular weight excluding hydrogens is 340 g/mol. The quantitative estimate of drug-likeness (QED) is 0.751. The third-order valence-electron chi connectivity index (χ3n) is 5.77. The first-order valence-electron chi connectivity index (χ1n) is 9.75. The number of amides is 2. The second-order valence-corrected chi connectivity index (χ2v) is 7.41. The summed E-state index contributed by atoms with van der Waals surface area (Å²) in [5.74, 6) is 0.128. The van der Waals surface area contributed by atoms with E-state index in [-0.39, 0.29) is 36.1 Å². The van der Waals surface area contributed by atoms with E-state index < -0.39 is 0 Å². The molecule has 3 fully saturated rings. The smallest absolute Gasteiger partial charge is 0.226 e. The second-order valence-electron chi connectivity index (χ2n) is 7.41. The lowest BCUT2D eigenvalue weighted by Crippen LogP contribution is -2.48. The highest BCUT2D eigenvalue weighted by Crippen LogP contribution is 2.32. The molecule has 2 saturated heterocycles. The molecule has 0 aromatic heterocycles. The molecule has 6 nitrogen and oxygen atoms in total. The van der Waals surface area contributed by atoms with Gasteiger partial charge in [0.25, 0.3) is 0 Å². The largest absolute Gasteiger partial charge is 0.355 e. The van der Waals surface area contributed by atoms with Gasteiger partial charge in [0.15, 0.2) is 0 Å². The molecule has 144 valence electrons. The predicted octanol–water partition coefficient (Wildman–Crippen LogP) is 0.858. The fraction of sp³-hybridized carbons (Fsp3) is 0.889. The maximum atomic E-state index is 12.8. The lowest BCUT2D eigenvalue weighted by Gasteiger charge is -2.33. The van der Waals surface area contributed by atoms with Crippen LogP contribution in [0.2, 0.25) is 0 Å². The summed E-state index contributed by atoms with van der Waals surface area (Å²) in [7, 11) is 0. The van der Waals surface area contributed by atoms with Crippen LogP contribution in [-0.2, 0) is 9.59 Å². The summed E-state index contributed by atoms with van der Waals surface area (Å²) in [6, 6.07) is 0. The number of rotatable bonds is 5. The molecule has 0 radical (unpaired) electrons. The van der Waals surface area contributed by atoms with Crippen molar-refractivity contribution >= 4 is 24.2 Å². The van der Waals surface area contributed by atoms with Crippen molar-refractivity contribution in [1.82, 2.24) is 20.4 Å². The maximum Gasteiger partial charge on any atom is 0.226 e. The third kappa shape index (κ3) is 5.56. The summed E-state index contributed by atoms with van der Waals surface area (Å²) in [5, 5.41) is 6.44. The molecule has 3 rings (SSSR count). The zero-order chi connectivity index (χ0) is 16.8. The number of likely N-dealkylation sites (tertiary alicyclic amines) is 1. The van der Waals surface area contributed by atoms with E-state index in [4.69, 9.17) is 0 Å². The fourth-order valence-corrected chi connectivity index (χ4v) is 4.32. The molecular formula is C18H33ClN4O2. The van der Waals surface area contributed by atoms with Gasteiger partial charge in [0.1, 0.15) is 0 Å². The van der Waals surface area contributed by atoms with Gasteiger partial charge in [0.2, 0.25) is 11.8 Å². The Bertz CT molecular complexity index is 437. The Balaban J connectivity index is 0.00000225. The molecule has 7 heteroatoms. The van der Waals surface area contributed by atoms with Gasteiger partial charge in [-0.3, -0.25) is 14.5 Å². The Labute approximate surface area is 157 Å². The molecule has 2 aliphatic heterocycles. The average molecular weight is 373 g/mol. The minimum absolute atomic E-state index is 0. The molecule has 2 N–H and O–H groups in total. The van der Waals surface area contributed by atoms with Gasteiger partial charge in [-0.05, 0) is 25.7 Å². The Kier molecular flexibility index (Phi) is 8.46. The molecule has 25 heavy (non-hydrogen) atoms. The highest BCUT2D eigenvalue weighted by Gasteiger charge is 2.38. The molecule has 2 amide bonds. The van der Waals surface area contributed by atoms with Crippen molar-refractivity contribution in [3.63, 3.8) is 0 Å². The van der Waals surface area contributed by atoms with Crippen LogP contribution in [0.5, 0.6) is 0 Å². The number of piperazine rings is 1. The zero-order valence-electron chi connectivity index (χ0n) is 15.2. The molecule has 2 unspecified atom stereocenters. The molecule has 2 atom stereocenters. The molecule has 3 aliphatic rings. The fourth-order valence-electron chi connectivity index (χ4n) is 4.32. The Morgan fingerprint density at radius 3 is 2.24 bits per heavy atom. The van der Waals surface area contributed by atoms with Crippen LogP contribution in [0.1, 0.15) is 38.5 Å². The minimum atomic E-state index is -0.116. The van der Waals surface area contributed by atoms with Crippen LogP contribution in [-0.4, -0.2) is 74.0 Å². The van der Waals surface area contributed by atoms with Crippen molar-refractivity contribution < 1.29 is 9.59 Å². The molecule has 0 bridgehead atoms. The van der Waals surface area contributed by atoms with Crippen molar-refractivity contribution in [3.05, 3.63) is 0 Å². The monoisotopic (exact) mass is 372 g/mol. The lowest BCUT2D eigenvalue weighted by molar-refractivity contribution is -0.142. The first kappa shape index (κ1) is 20.5. The van der Waals surface area contributed by atoms with Crippen molar-refractivity contribution in [2.45, 2.75) is 38.5 Å². The standard InChI is InChI=1S/C18H32N4O2.ClH/c23-17(20-9-14-21-12-7-19-8-13-21)15-5-1-2-6-16(15)18(24)22-10-3-4-11-22;/h15-16,19H,1-14H2,(H,20,23);1H. The van der Waals surface area contributed by atoms with Gasteiger partial charge in [-0.15, -0.1) is 12.4 Å². The van der Waals surface area contributed by atoms with E-state index in [1.54, 1.807) is 0 Å². The summed E-state index contributed by atoms with van der Waals surface area (Å²) in [6.07, 6.45) is 6.11. The van der Waals surface area contributed by atoms with Gasteiger partial charge in [-0.25, -0.2) is 0 Å². The van der Waals surface area contributed by atoms with E-state index in [1.807, 2.05) is 4.90 Å². The van der Waals surface area contributed by atoms with Crippen LogP contribution in [0.25, 0.3) is 0 Å². The van der Waals surface area contributed by atoms with E-state index in [1.165, 1.54) is 0 Å². The van der Waals surface area contributed by atoms with Crippen LogP contribution in [0.3, 0.4) is 0 Å². The number of hydrogen-bond donors (Lipinski definition) is 2. The van der Waals surface area contributed by atoms with Crippen LogP contribution in [0.15, 0.2) is 0 Å². The number of halogens is 1.